The van der Waals surface area contributed by atoms with Crippen molar-refractivity contribution in [1.82, 2.24) is 0 Å². The summed E-state index contributed by atoms with van der Waals surface area (Å²) in [6.45, 7) is 0. The van der Waals surface area contributed by atoms with Gasteiger partial charge in [-0.3, -0.25) is 0 Å². The Bertz CT molecular complexity index is 3800. The highest BCUT2D eigenvalue weighted by atomic mass is 14.5. The van der Waals surface area contributed by atoms with Gasteiger partial charge in [0.1, 0.15) is 0 Å². The zero-order chi connectivity index (χ0) is 41.2. The number of fused-ring (bicyclic) bond motifs is 16. The fourth-order valence-electron chi connectivity index (χ4n) is 11.8. The van der Waals surface area contributed by atoms with Crippen LogP contribution in [0.3, 0.4) is 0 Å². The molecule has 1 spiro atoms. The molecule has 0 heteroatoms. The molecule has 2 aliphatic rings. The number of hydrogen-bond donors (Lipinski definition) is 0. The highest BCUT2D eigenvalue weighted by Crippen LogP contribution is 2.64. The molecule has 2 aliphatic carbocycles. The molecule has 0 bridgehead atoms. The first kappa shape index (κ1) is 34.6. The summed E-state index contributed by atoms with van der Waals surface area (Å²) in [5.41, 5.74) is 17.9. The summed E-state index contributed by atoms with van der Waals surface area (Å²) < 4.78 is 0. The Hall–Kier alpha value is -8.06. The molecule has 0 nitrogen and oxygen atoms in total. The zero-order valence-corrected chi connectivity index (χ0v) is 34.4. The monoisotopic (exact) mass is 794 g/mol. The van der Waals surface area contributed by atoms with Gasteiger partial charge in [0, 0.05) is 0 Å². The van der Waals surface area contributed by atoms with Gasteiger partial charge in [-0.1, -0.05) is 200 Å². The van der Waals surface area contributed by atoms with Crippen LogP contribution in [0.2, 0.25) is 0 Å². The molecular weight excluding hydrogens is 757 g/mol. The molecule has 0 saturated heterocycles. The molecule has 0 unspecified atom stereocenters. The van der Waals surface area contributed by atoms with Crippen molar-refractivity contribution in [2.45, 2.75) is 5.41 Å². The first-order valence-corrected chi connectivity index (χ1v) is 22.1. The van der Waals surface area contributed by atoms with Crippen LogP contribution in [0.25, 0.3) is 109 Å². The molecule has 12 aromatic rings. The van der Waals surface area contributed by atoms with Crippen molar-refractivity contribution >= 4 is 53.9 Å². The maximum atomic E-state index is 2.54. The van der Waals surface area contributed by atoms with Crippen LogP contribution in [0.1, 0.15) is 22.3 Å². The lowest BCUT2D eigenvalue weighted by Gasteiger charge is -2.31. The van der Waals surface area contributed by atoms with Gasteiger partial charge in [0.05, 0.1) is 5.41 Å². The van der Waals surface area contributed by atoms with Crippen LogP contribution in [-0.2, 0) is 5.41 Å². The van der Waals surface area contributed by atoms with Crippen molar-refractivity contribution in [3.8, 4) is 55.6 Å². The molecule has 0 aliphatic heterocycles. The van der Waals surface area contributed by atoms with Gasteiger partial charge < -0.3 is 0 Å². The molecule has 0 radical (unpaired) electrons. The summed E-state index contributed by atoms with van der Waals surface area (Å²) in [6, 6.07) is 86.7. The van der Waals surface area contributed by atoms with Gasteiger partial charge in [-0.2, -0.15) is 0 Å². The molecule has 290 valence electrons. The van der Waals surface area contributed by atoms with Crippen molar-refractivity contribution in [3.63, 3.8) is 0 Å². The first-order chi connectivity index (χ1) is 31.2. The minimum atomic E-state index is -0.438. The van der Waals surface area contributed by atoms with Crippen molar-refractivity contribution < 1.29 is 0 Å². The third-order valence-corrected chi connectivity index (χ3v) is 14.4. The van der Waals surface area contributed by atoms with Gasteiger partial charge in [-0.05, 0) is 162 Å². The van der Waals surface area contributed by atoms with Crippen LogP contribution in [-0.4, -0.2) is 0 Å². The van der Waals surface area contributed by atoms with E-state index in [0.29, 0.717) is 0 Å². The third-order valence-electron chi connectivity index (χ3n) is 14.4. The highest BCUT2D eigenvalue weighted by Gasteiger charge is 2.52. The van der Waals surface area contributed by atoms with Crippen molar-refractivity contribution in [2.24, 2.45) is 0 Å². The van der Waals surface area contributed by atoms with Crippen molar-refractivity contribution in [1.29, 1.82) is 0 Å². The fraction of sp³-hybridized carbons (Fsp3) is 0.0159. The Morgan fingerprint density at radius 2 is 0.683 bits per heavy atom. The van der Waals surface area contributed by atoms with E-state index in [4.69, 9.17) is 0 Å². The predicted octanol–water partition coefficient (Wildman–Crippen LogP) is 16.8. The molecule has 0 heterocycles. The molecule has 0 saturated carbocycles. The van der Waals surface area contributed by atoms with Gasteiger partial charge >= 0.3 is 0 Å². The molecular formula is C63H38. The minimum absolute atomic E-state index is 0.438. The Kier molecular flexibility index (Phi) is 7.13. The van der Waals surface area contributed by atoms with Crippen molar-refractivity contribution in [2.75, 3.05) is 0 Å². The van der Waals surface area contributed by atoms with Crippen LogP contribution in [0.15, 0.2) is 231 Å². The third kappa shape index (κ3) is 4.75. The van der Waals surface area contributed by atoms with Crippen LogP contribution in [0.5, 0.6) is 0 Å². The highest BCUT2D eigenvalue weighted by molar-refractivity contribution is 6.22. The molecule has 0 aromatic heterocycles. The van der Waals surface area contributed by atoms with Crippen LogP contribution >= 0.6 is 0 Å². The molecule has 14 rings (SSSR count). The van der Waals surface area contributed by atoms with Crippen LogP contribution < -0.4 is 0 Å². The lowest BCUT2D eigenvalue weighted by molar-refractivity contribution is 0.802. The first-order valence-electron chi connectivity index (χ1n) is 22.1. The van der Waals surface area contributed by atoms with Gasteiger partial charge in [-0.25, -0.2) is 0 Å². The zero-order valence-electron chi connectivity index (χ0n) is 34.4. The largest absolute Gasteiger partial charge is 0.0731 e. The van der Waals surface area contributed by atoms with E-state index >= 15 is 0 Å². The molecule has 0 amide bonds. The number of benzene rings is 12. The SMILES string of the molecule is c1ccc(-c2ccc3cc(-c4c5ccccc5c(-c5ccc6cc7c(cc6c5)C5(c6ccccc6-c6ccccc65)c5c-7ccc6ccccc56)c5ccccc45)ccc3c2)cc1. The Balaban J connectivity index is 0.995. The van der Waals surface area contributed by atoms with Crippen LogP contribution in [0, 0.1) is 0 Å². The summed E-state index contributed by atoms with van der Waals surface area (Å²) in [7, 11) is 0. The molecule has 0 atom stereocenters. The fourth-order valence-corrected chi connectivity index (χ4v) is 11.8. The van der Waals surface area contributed by atoms with E-state index in [0.717, 1.165) is 0 Å². The average Bonchev–Trinajstić information content (AvgIpc) is 3.81. The quantitative estimate of drug-likeness (QED) is 0.156. The standard InChI is InChI=1S/C63H38/c1-2-14-39(15-3-1)41-26-27-43-35-45(30-28-42(43)34-41)60-51-20-6-8-22-53(51)61(54-23-9-7-21-52(54)60)46-31-29-44-37-56-55-33-32-40-16-4-5-17-48(40)62(55)63(59(56)38-47(44)36-46)57-24-12-10-18-49(57)50-19-11-13-25-58(50)63/h1-38H. The van der Waals surface area contributed by atoms with Crippen molar-refractivity contribution in [3.05, 3.63) is 253 Å². The van der Waals surface area contributed by atoms with E-state index in [-0.39, 0.29) is 0 Å². The summed E-state index contributed by atoms with van der Waals surface area (Å²) in [4.78, 5) is 0. The summed E-state index contributed by atoms with van der Waals surface area (Å²) >= 11 is 0. The van der Waals surface area contributed by atoms with Gasteiger partial charge in [0.25, 0.3) is 0 Å². The lowest BCUT2D eigenvalue weighted by Crippen LogP contribution is -2.26. The predicted molar refractivity (Wildman–Crippen MR) is 267 cm³/mol. The van der Waals surface area contributed by atoms with E-state index in [1.54, 1.807) is 0 Å². The second-order valence-electron chi connectivity index (χ2n) is 17.5. The molecule has 63 heavy (non-hydrogen) atoms. The van der Waals surface area contributed by atoms with Gasteiger partial charge in [0.2, 0.25) is 0 Å². The summed E-state index contributed by atoms with van der Waals surface area (Å²) in [6.07, 6.45) is 0. The van der Waals surface area contributed by atoms with E-state index in [1.807, 2.05) is 0 Å². The number of rotatable bonds is 3. The Morgan fingerprint density at radius 1 is 0.222 bits per heavy atom. The van der Waals surface area contributed by atoms with E-state index in [1.165, 1.54) is 132 Å². The van der Waals surface area contributed by atoms with E-state index < -0.39 is 5.41 Å². The maximum Gasteiger partial charge on any atom is 0.0731 e. The summed E-state index contributed by atoms with van der Waals surface area (Å²) in [5.74, 6) is 0. The lowest BCUT2D eigenvalue weighted by atomic mass is 9.69. The summed E-state index contributed by atoms with van der Waals surface area (Å²) in [5, 5.41) is 12.7. The second kappa shape index (κ2) is 13.0. The number of hydrogen-bond acceptors (Lipinski definition) is 0. The normalized spacial score (nSPS) is 13.2. The molecule has 0 fully saturated rings. The van der Waals surface area contributed by atoms with E-state index in [9.17, 15) is 0 Å². The van der Waals surface area contributed by atoms with Gasteiger partial charge in [0.15, 0.2) is 0 Å². The topological polar surface area (TPSA) is 0 Å². The molecule has 12 aromatic carbocycles. The van der Waals surface area contributed by atoms with Gasteiger partial charge in [-0.15, -0.1) is 0 Å². The maximum absolute atomic E-state index is 2.54. The molecule has 0 N–H and O–H groups in total. The smallest absolute Gasteiger partial charge is 0.0622 e. The average molecular weight is 795 g/mol. The minimum Gasteiger partial charge on any atom is -0.0622 e. The Morgan fingerprint density at radius 3 is 1.30 bits per heavy atom. The van der Waals surface area contributed by atoms with Crippen LogP contribution in [0.4, 0.5) is 0 Å². The Labute approximate surface area is 366 Å². The second-order valence-corrected chi connectivity index (χ2v) is 17.5. The van der Waals surface area contributed by atoms with E-state index in [2.05, 4.69) is 231 Å².